The number of halogens is 4. The van der Waals surface area contributed by atoms with E-state index in [2.05, 4.69) is 4.74 Å². The average molecular weight is 680 g/mol. The van der Waals surface area contributed by atoms with Gasteiger partial charge in [0.05, 0.1) is 0 Å². The fraction of sp³-hybridized carbons (Fsp3) is 0.381. The molecular formula is C21H24F2I2O5S. The minimum absolute atomic E-state index is 0.286. The summed E-state index contributed by atoms with van der Waals surface area (Å²) in [5.74, 6) is -2.11. The van der Waals surface area contributed by atoms with Crippen LogP contribution in [0.4, 0.5) is 8.78 Å². The van der Waals surface area contributed by atoms with Crippen molar-refractivity contribution >= 4 is 58.9 Å². The summed E-state index contributed by atoms with van der Waals surface area (Å²) in [5.41, 5.74) is 2.04. The predicted octanol–water partition coefficient (Wildman–Crippen LogP) is 5.58. The molecule has 0 saturated heterocycles. The Morgan fingerprint density at radius 3 is 1.81 bits per heavy atom. The molecule has 0 aliphatic carbocycles. The number of ether oxygens (including phenoxy) is 1. The van der Waals surface area contributed by atoms with Crippen LogP contribution in [0.2, 0.25) is 0 Å². The second-order valence-corrected chi connectivity index (χ2v) is 14.0. The molecule has 0 bridgehead atoms. The van der Waals surface area contributed by atoms with Crippen LogP contribution in [-0.2, 0) is 35.0 Å². The van der Waals surface area contributed by atoms with E-state index in [0.717, 1.165) is 24.0 Å². The van der Waals surface area contributed by atoms with Crippen molar-refractivity contribution in [2.75, 3.05) is 11.0 Å². The number of hydrogen-bond donors (Lipinski definition) is 0. The van der Waals surface area contributed by atoms with Gasteiger partial charge in [0.1, 0.15) is 0 Å². The van der Waals surface area contributed by atoms with Gasteiger partial charge in [0.2, 0.25) is 0 Å². The van der Waals surface area contributed by atoms with Crippen molar-refractivity contribution in [3.63, 3.8) is 0 Å². The van der Waals surface area contributed by atoms with Crippen LogP contribution >= 0.6 is 42.8 Å². The number of benzene rings is 2. The van der Waals surface area contributed by atoms with Gasteiger partial charge < -0.3 is 0 Å². The number of hydrogen-bond acceptors (Lipinski definition) is 5. The predicted molar refractivity (Wildman–Crippen MR) is 132 cm³/mol. The Kier molecular flexibility index (Phi) is 10.1. The Morgan fingerprint density at radius 2 is 1.42 bits per heavy atom. The summed E-state index contributed by atoms with van der Waals surface area (Å²) in [7, 11) is -5.56. The molecule has 5 nitrogen and oxygen atoms in total. The summed E-state index contributed by atoms with van der Waals surface area (Å²) >= 11 is -1.32. The maximum atomic E-state index is 14.5. The number of carbonyl (C=O) groups is 1. The molecule has 0 aromatic heterocycles. The molecule has 0 heterocycles. The van der Waals surface area contributed by atoms with Gasteiger partial charge in [-0.05, 0) is 0 Å². The van der Waals surface area contributed by atoms with E-state index in [1.54, 1.807) is 24.3 Å². The van der Waals surface area contributed by atoms with Crippen molar-refractivity contribution in [2.24, 2.45) is 0 Å². The molecule has 0 atom stereocenters. The van der Waals surface area contributed by atoms with E-state index in [0.29, 0.717) is 18.0 Å². The van der Waals surface area contributed by atoms with E-state index in [1.165, 1.54) is 0 Å². The number of esters is 1. The number of rotatable bonds is 11. The zero-order chi connectivity index (χ0) is 23.1. The van der Waals surface area contributed by atoms with Gasteiger partial charge in [-0.3, -0.25) is 0 Å². The van der Waals surface area contributed by atoms with Gasteiger partial charge >= 0.3 is 204 Å². The first-order chi connectivity index (χ1) is 14.7. The van der Waals surface area contributed by atoms with Crippen molar-refractivity contribution in [1.82, 2.24) is 0 Å². The van der Waals surface area contributed by atoms with E-state index >= 15 is 0 Å². The molecular weight excluding hydrogens is 656 g/mol. The van der Waals surface area contributed by atoms with Crippen LogP contribution in [0.3, 0.4) is 0 Å². The first-order valence-electron chi connectivity index (χ1n) is 9.59. The molecule has 0 fully saturated rings. The van der Waals surface area contributed by atoms with Crippen LogP contribution in [0.1, 0.15) is 31.4 Å². The van der Waals surface area contributed by atoms with Gasteiger partial charge in [-0.2, -0.15) is 0 Å². The molecule has 0 spiro atoms. The quantitative estimate of drug-likeness (QED) is 0.134. The molecule has 172 valence electrons. The maximum absolute atomic E-state index is 14.5. The first-order valence-corrected chi connectivity index (χ1v) is 15.6. The summed E-state index contributed by atoms with van der Waals surface area (Å²) < 4.78 is 65.2. The molecule has 2 aromatic carbocycles. The molecule has 0 aliphatic rings. The standard InChI is InChI=1S/C21H24F2I2O5S/c1-3-16-6-10-18(11-7-16)25(19-12-8-17(4-2)9-13-19)30-31(27,28)21(22,23)20(26)29-15-5-14-24/h6-13H,3-5,14-15H2,1-2H3. The summed E-state index contributed by atoms with van der Waals surface area (Å²) in [6, 6.07) is 14.0. The summed E-state index contributed by atoms with van der Waals surface area (Å²) in [6.45, 7) is 3.66. The number of alkyl halides is 3. The van der Waals surface area contributed by atoms with Crippen molar-refractivity contribution in [3.8, 4) is 0 Å². The monoisotopic (exact) mass is 680 g/mol. The molecule has 0 saturated carbocycles. The third-order valence-corrected chi connectivity index (χ3v) is 12.3. The van der Waals surface area contributed by atoms with Crippen molar-refractivity contribution in [3.05, 3.63) is 66.8 Å². The van der Waals surface area contributed by atoms with Crippen LogP contribution in [0.5, 0.6) is 0 Å². The van der Waals surface area contributed by atoms with Crippen molar-refractivity contribution in [1.29, 1.82) is 0 Å². The van der Waals surface area contributed by atoms with Crippen LogP contribution < -0.4 is 0 Å². The van der Waals surface area contributed by atoms with E-state index in [9.17, 15) is 22.0 Å². The Balaban J connectivity index is 2.39. The van der Waals surface area contributed by atoms with Gasteiger partial charge in [0.25, 0.3) is 0 Å². The van der Waals surface area contributed by atoms with Crippen molar-refractivity contribution < 1.29 is 29.2 Å². The van der Waals surface area contributed by atoms with E-state index < -0.39 is 41.6 Å². The van der Waals surface area contributed by atoms with Gasteiger partial charge in [-0.25, -0.2) is 0 Å². The molecule has 31 heavy (non-hydrogen) atoms. The van der Waals surface area contributed by atoms with Crippen molar-refractivity contribution in [2.45, 2.75) is 38.4 Å². The van der Waals surface area contributed by atoms with E-state index in [-0.39, 0.29) is 6.61 Å². The number of aryl methyl sites for hydroxylation is 2. The van der Waals surface area contributed by atoms with Crippen LogP contribution in [0, 0.1) is 7.14 Å². The average Bonchev–Trinajstić information content (AvgIpc) is 2.77. The minimum atomic E-state index is -5.56. The van der Waals surface area contributed by atoms with E-state index in [4.69, 9.17) is 2.51 Å². The molecule has 10 heteroatoms. The molecule has 0 amide bonds. The van der Waals surface area contributed by atoms with Crippen LogP contribution in [-0.4, -0.2) is 30.7 Å². The van der Waals surface area contributed by atoms with Gasteiger partial charge in [-0.1, -0.05) is 0 Å². The van der Waals surface area contributed by atoms with E-state index in [1.807, 2.05) is 60.7 Å². The van der Waals surface area contributed by atoms with Gasteiger partial charge in [0, 0.05) is 0 Å². The Labute approximate surface area is 203 Å². The summed E-state index contributed by atoms with van der Waals surface area (Å²) in [4.78, 5) is 11.8. The third-order valence-electron chi connectivity index (χ3n) is 4.25. The molecule has 2 aromatic rings. The second-order valence-electron chi connectivity index (χ2n) is 6.42. The normalized spacial score (nSPS) is 12.5. The molecule has 0 N–H and O–H groups in total. The van der Waals surface area contributed by atoms with Crippen LogP contribution in [0.15, 0.2) is 48.5 Å². The topological polar surface area (TPSA) is 69.7 Å². The Morgan fingerprint density at radius 1 is 0.968 bits per heavy atom. The fourth-order valence-corrected chi connectivity index (χ4v) is 9.45. The first kappa shape index (κ1) is 26.4. The fourth-order valence-electron chi connectivity index (χ4n) is 2.40. The molecule has 0 radical (unpaired) electrons. The van der Waals surface area contributed by atoms with Gasteiger partial charge in [0.15, 0.2) is 0 Å². The SMILES string of the molecule is CCc1ccc(I(OS(=O)(=O)C(F)(F)C(=O)OCCCI)c2ccc(CC)cc2)cc1. The van der Waals surface area contributed by atoms with Crippen LogP contribution in [0.25, 0.3) is 0 Å². The summed E-state index contributed by atoms with van der Waals surface area (Å²) in [6.07, 6.45) is 1.90. The second kappa shape index (κ2) is 11.8. The molecule has 0 aliphatic heterocycles. The zero-order valence-electron chi connectivity index (χ0n) is 17.1. The Bertz CT molecular complexity index is 917. The zero-order valence-corrected chi connectivity index (χ0v) is 22.2. The van der Waals surface area contributed by atoms with Gasteiger partial charge in [-0.15, -0.1) is 0 Å². The summed E-state index contributed by atoms with van der Waals surface area (Å²) in [5, 5.41) is -4.79. The molecule has 0 unspecified atom stereocenters. The molecule has 2 rings (SSSR count). The number of carbonyl (C=O) groups excluding carboxylic acids is 1. The third kappa shape index (κ3) is 6.81. The Hall–Kier alpha value is -0.860.